The second-order valence-corrected chi connectivity index (χ2v) is 5.32. The van der Waals surface area contributed by atoms with Crippen LogP contribution in [0.15, 0.2) is 12.1 Å². The molecular formula is C15H21NO3. The summed E-state index contributed by atoms with van der Waals surface area (Å²) < 4.78 is 5.38. The van der Waals surface area contributed by atoms with Gasteiger partial charge in [-0.3, -0.25) is 4.79 Å². The number of methoxy groups -OCH3 is 1. The summed E-state index contributed by atoms with van der Waals surface area (Å²) in [6, 6.07) is 4.17. The van der Waals surface area contributed by atoms with Crippen LogP contribution in [0.3, 0.4) is 0 Å². The maximum absolute atomic E-state index is 10.7. The van der Waals surface area contributed by atoms with Gasteiger partial charge in [0.1, 0.15) is 5.75 Å². The molecule has 2 N–H and O–H groups in total. The van der Waals surface area contributed by atoms with Gasteiger partial charge in [0.2, 0.25) is 0 Å². The maximum Gasteiger partial charge on any atom is 0.306 e. The van der Waals surface area contributed by atoms with E-state index in [0.717, 1.165) is 24.3 Å². The molecule has 0 aliphatic heterocycles. The molecule has 1 fully saturated rings. The minimum absolute atomic E-state index is 0.144. The lowest BCUT2D eigenvalue weighted by atomic mass is 10.0. The molecule has 19 heavy (non-hydrogen) atoms. The average molecular weight is 263 g/mol. The smallest absolute Gasteiger partial charge is 0.306 e. The fourth-order valence-corrected chi connectivity index (χ4v) is 2.35. The number of aryl methyl sites for hydroxylation is 2. The Bertz CT molecular complexity index is 485. The summed E-state index contributed by atoms with van der Waals surface area (Å²) in [5.74, 6) is 0.362. The summed E-state index contributed by atoms with van der Waals surface area (Å²) in [6.45, 7) is 5.62. The second kappa shape index (κ2) is 5.61. The Hall–Kier alpha value is -1.55. The summed E-state index contributed by atoms with van der Waals surface area (Å²) in [6.07, 6.45) is 0.798. The molecule has 0 aromatic heterocycles. The first kappa shape index (κ1) is 13.9. The van der Waals surface area contributed by atoms with E-state index in [0.29, 0.717) is 6.54 Å². The Morgan fingerprint density at radius 3 is 2.68 bits per heavy atom. The van der Waals surface area contributed by atoms with Crippen molar-refractivity contribution >= 4 is 5.97 Å². The summed E-state index contributed by atoms with van der Waals surface area (Å²) in [4.78, 5) is 10.7. The second-order valence-electron chi connectivity index (χ2n) is 5.32. The van der Waals surface area contributed by atoms with Crippen LogP contribution in [0.5, 0.6) is 5.75 Å². The van der Waals surface area contributed by atoms with Gasteiger partial charge in [-0.05, 0) is 49.9 Å². The number of aliphatic carboxylic acids is 1. The minimum atomic E-state index is -0.671. The van der Waals surface area contributed by atoms with Crippen LogP contribution in [-0.4, -0.2) is 24.7 Å². The number of carboxylic acid groups (broad SMARTS) is 1. The third-order valence-corrected chi connectivity index (χ3v) is 3.86. The van der Waals surface area contributed by atoms with E-state index in [4.69, 9.17) is 9.84 Å². The average Bonchev–Trinajstić information content (AvgIpc) is 3.13. The van der Waals surface area contributed by atoms with Gasteiger partial charge in [-0.25, -0.2) is 0 Å². The van der Waals surface area contributed by atoms with E-state index < -0.39 is 5.97 Å². The molecule has 4 nitrogen and oxygen atoms in total. The quantitative estimate of drug-likeness (QED) is 0.825. The third kappa shape index (κ3) is 3.26. The monoisotopic (exact) mass is 263 g/mol. The highest BCUT2D eigenvalue weighted by atomic mass is 16.5. The van der Waals surface area contributed by atoms with Crippen LogP contribution >= 0.6 is 0 Å². The minimum Gasteiger partial charge on any atom is -0.496 e. The number of ether oxygens (including phenoxy) is 1. The number of hydrogen-bond acceptors (Lipinski definition) is 3. The molecule has 0 amide bonds. The van der Waals surface area contributed by atoms with E-state index in [2.05, 4.69) is 25.2 Å². The van der Waals surface area contributed by atoms with Crippen molar-refractivity contribution in [3.8, 4) is 5.75 Å². The van der Waals surface area contributed by atoms with E-state index in [1.165, 1.54) is 11.1 Å². The Balaban J connectivity index is 1.89. The molecule has 0 saturated heterocycles. The largest absolute Gasteiger partial charge is 0.496 e. The Kier molecular flexibility index (Phi) is 4.10. The highest BCUT2D eigenvalue weighted by Gasteiger charge is 2.42. The van der Waals surface area contributed by atoms with E-state index in [1.54, 1.807) is 7.11 Å². The molecule has 2 rings (SSSR count). The van der Waals surface area contributed by atoms with Crippen LogP contribution in [0.25, 0.3) is 0 Å². The summed E-state index contributed by atoms with van der Waals surface area (Å²) in [7, 11) is 1.68. The van der Waals surface area contributed by atoms with Gasteiger partial charge in [0.15, 0.2) is 0 Å². The topological polar surface area (TPSA) is 58.6 Å². The first-order valence-corrected chi connectivity index (χ1v) is 6.60. The van der Waals surface area contributed by atoms with Crippen molar-refractivity contribution in [2.24, 2.45) is 11.8 Å². The molecule has 1 aromatic carbocycles. The fourth-order valence-electron chi connectivity index (χ4n) is 2.35. The van der Waals surface area contributed by atoms with Crippen LogP contribution in [-0.2, 0) is 11.3 Å². The molecule has 0 bridgehead atoms. The normalized spacial score (nSPS) is 21.2. The van der Waals surface area contributed by atoms with Gasteiger partial charge in [0.05, 0.1) is 13.0 Å². The lowest BCUT2D eigenvalue weighted by Crippen LogP contribution is -2.18. The van der Waals surface area contributed by atoms with Gasteiger partial charge < -0.3 is 15.2 Å². The highest BCUT2D eigenvalue weighted by molar-refractivity contribution is 5.73. The van der Waals surface area contributed by atoms with Crippen LogP contribution in [0.1, 0.15) is 23.1 Å². The van der Waals surface area contributed by atoms with Crippen molar-refractivity contribution in [3.63, 3.8) is 0 Å². The molecule has 0 heterocycles. The molecular weight excluding hydrogens is 242 g/mol. The maximum atomic E-state index is 10.7. The number of benzene rings is 1. The molecule has 0 radical (unpaired) electrons. The van der Waals surface area contributed by atoms with Gasteiger partial charge in [-0.2, -0.15) is 0 Å². The molecule has 104 valence electrons. The van der Waals surface area contributed by atoms with Crippen molar-refractivity contribution in [3.05, 3.63) is 28.8 Å². The summed E-state index contributed by atoms with van der Waals surface area (Å²) in [5.41, 5.74) is 3.58. The zero-order chi connectivity index (χ0) is 14.0. The lowest BCUT2D eigenvalue weighted by Gasteiger charge is -2.12. The zero-order valence-electron chi connectivity index (χ0n) is 11.7. The fraction of sp³-hybridized carbons (Fsp3) is 0.533. The van der Waals surface area contributed by atoms with Gasteiger partial charge in [-0.1, -0.05) is 6.07 Å². The van der Waals surface area contributed by atoms with E-state index >= 15 is 0 Å². The van der Waals surface area contributed by atoms with Crippen LogP contribution < -0.4 is 10.1 Å². The highest BCUT2D eigenvalue weighted by Crippen LogP contribution is 2.37. The molecule has 1 aromatic rings. The predicted molar refractivity (Wildman–Crippen MR) is 73.4 cm³/mol. The first-order chi connectivity index (χ1) is 9.02. The standard InChI is InChI=1S/C15H21NO3/c1-9-4-12(14(19-3)5-10(9)2)8-16-7-11-6-13(11)15(17)18/h4-5,11,13,16H,6-8H2,1-3H3,(H,17,18). The summed E-state index contributed by atoms with van der Waals surface area (Å²) >= 11 is 0. The van der Waals surface area contributed by atoms with E-state index in [1.807, 2.05) is 6.07 Å². The molecule has 1 saturated carbocycles. The first-order valence-electron chi connectivity index (χ1n) is 6.60. The number of hydrogen-bond donors (Lipinski definition) is 2. The van der Waals surface area contributed by atoms with Gasteiger partial charge in [-0.15, -0.1) is 0 Å². The van der Waals surface area contributed by atoms with Crippen LogP contribution in [0.2, 0.25) is 0 Å². The lowest BCUT2D eigenvalue weighted by molar-refractivity contribution is -0.138. The molecule has 2 atom stereocenters. The van der Waals surface area contributed by atoms with Crippen molar-refractivity contribution in [1.29, 1.82) is 0 Å². The van der Waals surface area contributed by atoms with Crippen molar-refractivity contribution in [1.82, 2.24) is 5.32 Å². The van der Waals surface area contributed by atoms with Gasteiger partial charge >= 0.3 is 5.97 Å². The van der Waals surface area contributed by atoms with Crippen molar-refractivity contribution in [2.45, 2.75) is 26.8 Å². The Morgan fingerprint density at radius 1 is 1.42 bits per heavy atom. The predicted octanol–water partition coefficient (Wildman–Crippen LogP) is 2.12. The molecule has 4 heteroatoms. The Labute approximate surface area is 113 Å². The molecule has 0 spiro atoms. The third-order valence-electron chi connectivity index (χ3n) is 3.86. The van der Waals surface area contributed by atoms with Crippen molar-refractivity contribution in [2.75, 3.05) is 13.7 Å². The molecule has 2 unspecified atom stereocenters. The van der Waals surface area contributed by atoms with E-state index in [9.17, 15) is 4.79 Å². The van der Waals surface area contributed by atoms with Gasteiger partial charge in [0.25, 0.3) is 0 Å². The zero-order valence-corrected chi connectivity index (χ0v) is 11.7. The van der Waals surface area contributed by atoms with E-state index in [-0.39, 0.29) is 11.8 Å². The molecule has 1 aliphatic carbocycles. The Morgan fingerprint density at radius 2 is 2.11 bits per heavy atom. The van der Waals surface area contributed by atoms with Gasteiger partial charge in [0, 0.05) is 12.1 Å². The van der Waals surface area contributed by atoms with Crippen molar-refractivity contribution < 1.29 is 14.6 Å². The molecule has 1 aliphatic rings. The SMILES string of the molecule is COc1cc(C)c(C)cc1CNCC1CC1C(=O)O. The van der Waals surface area contributed by atoms with Crippen LogP contribution in [0, 0.1) is 25.7 Å². The number of carbonyl (C=O) groups is 1. The number of nitrogens with one attached hydrogen (secondary N) is 1. The summed E-state index contributed by atoms with van der Waals surface area (Å²) in [5, 5.41) is 12.2. The van der Waals surface area contributed by atoms with Crippen LogP contribution in [0.4, 0.5) is 0 Å². The number of rotatable bonds is 6. The number of carboxylic acids is 1.